The Labute approximate surface area is 256 Å². The summed E-state index contributed by atoms with van der Waals surface area (Å²) in [6.45, 7) is 6.14. The third-order valence-electron chi connectivity index (χ3n) is 7.22. The molecule has 0 spiro atoms. The average molecular weight is 597 g/mol. The van der Waals surface area contributed by atoms with E-state index in [9.17, 15) is 9.59 Å². The molecule has 5 rings (SSSR count). The Balaban J connectivity index is 1.39. The van der Waals surface area contributed by atoms with Crippen molar-refractivity contribution in [3.05, 3.63) is 95.6 Å². The van der Waals surface area contributed by atoms with Gasteiger partial charge in [0.15, 0.2) is 18.1 Å². The van der Waals surface area contributed by atoms with Crippen LogP contribution in [0.4, 0.5) is 0 Å². The Bertz CT molecular complexity index is 1640. The van der Waals surface area contributed by atoms with Gasteiger partial charge in [-0.15, -0.1) is 0 Å². The van der Waals surface area contributed by atoms with E-state index in [4.69, 9.17) is 28.8 Å². The van der Waals surface area contributed by atoms with Gasteiger partial charge in [0.1, 0.15) is 5.75 Å². The summed E-state index contributed by atoms with van der Waals surface area (Å²) in [4.78, 5) is 26.8. The molecule has 228 valence electrons. The first-order valence-corrected chi connectivity index (χ1v) is 14.7. The fourth-order valence-corrected chi connectivity index (χ4v) is 5.15. The molecule has 0 aliphatic carbocycles. The lowest BCUT2D eigenvalue weighted by Crippen LogP contribution is -2.31. The largest absolute Gasteiger partial charge is 0.497 e. The van der Waals surface area contributed by atoms with Gasteiger partial charge in [0, 0.05) is 6.42 Å². The van der Waals surface area contributed by atoms with Gasteiger partial charge in [-0.3, -0.25) is 4.79 Å². The first kappa shape index (κ1) is 30.4. The summed E-state index contributed by atoms with van der Waals surface area (Å²) < 4.78 is 28.0. The van der Waals surface area contributed by atoms with E-state index < -0.39 is 18.5 Å². The van der Waals surface area contributed by atoms with Crippen LogP contribution in [0.3, 0.4) is 0 Å². The number of carbonyl (C=O) groups excluding carboxylic acids is 2. The number of benzene rings is 4. The molecule has 0 saturated heterocycles. The van der Waals surface area contributed by atoms with E-state index in [1.165, 1.54) is 17.1 Å². The minimum Gasteiger partial charge on any atom is -0.497 e. The third kappa shape index (κ3) is 6.62. The number of methoxy groups -OCH3 is 1. The molecule has 9 heteroatoms. The molecular weight excluding hydrogens is 560 g/mol. The molecule has 1 aliphatic heterocycles. The predicted octanol–water partition coefficient (Wildman–Crippen LogP) is 6.58. The second-order valence-corrected chi connectivity index (χ2v) is 10.0. The molecular formula is C35H36N2O7. The zero-order chi connectivity index (χ0) is 31.1. The van der Waals surface area contributed by atoms with Crippen LogP contribution in [0.1, 0.15) is 54.7 Å². The maximum atomic E-state index is 13.6. The molecule has 1 heterocycles. The normalized spacial score (nSPS) is 14.2. The summed E-state index contributed by atoms with van der Waals surface area (Å²) in [5.74, 6) is 0.712. The number of nitrogens with zero attached hydrogens (tertiary/aromatic N) is 2. The molecule has 44 heavy (non-hydrogen) atoms. The summed E-state index contributed by atoms with van der Waals surface area (Å²) in [7, 11) is 1.61. The Kier molecular flexibility index (Phi) is 9.64. The number of ether oxygens (including phenoxy) is 5. The third-order valence-corrected chi connectivity index (χ3v) is 7.22. The summed E-state index contributed by atoms with van der Waals surface area (Å²) in [6, 6.07) is 24.5. The first-order valence-electron chi connectivity index (χ1n) is 14.7. The standard InChI is InChI=1S/C35H36N2O7/c1-5-41-31-19-27(20-32(42-6-2)34(31)43-7-3)35(39)44-22-33(38)37-30(24-14-16-28(40-4)17-15-24)21-29(36-37)26-13-12-23-10-8-9-11-25(23)18-26/h8-20,30H,5-7,21-22H2,1-4H3. The number of fused-ring (bicyclic) bond motifs is 1. The van der Waals surface area contributed by atoms with Crippen molar-refractivity contribution in [2.45, 2.75) is 33.2 Å². The summed E-state index contributed by atoms with van der Waals surface area (Å²) >= 11 is 0. The molecule has 4 aromatic carbocycles. The van der Waals surface area contributed by atoms with Gasteiger partial charge in [0.2, 0.25) is 5.75 Å². The van der Waals surface area contributed by atoms with E-state index in [0.717, 1.165) is 27.6 Å². The zero-order valence-corrected chi connectivity index (χ0v) is 25.4. The first-order chi connectivity index (χ1) is 21.4. The predicted molar refractivity (Wildman–Crippen MR) is 168 cm³/mol. The second-order valence-electron chi connectivity index (χ2n) is 10.0. The van der Waals surface area contributed by atoms with Crippen LogP contribution >= 0.6 is 0 Å². The highest BCUT2D eigenvalue weighted by molar-refractivity contribution is 6.05. The molecule has 0 fully saturated rings. The second kappa shape index (κ2) is 13.9. The van der Waals surface area contributed by atoms with Crippen LogP contribution in [0.2, 0.25) is 0 Å². The van der Waals surface area contributed by atoms with Crippen LogP contribution < -0.4 is 18.9 Å². The van der Waals surface area contributed by atoms with Gasteiger partial charge in [-0.2, -0.15) is 5.10 Å². The number of hydrogen-bond acceptors (Lipinski definition) is 8. The Morgan fingerprint density at radius 1 is 0.818 bits per heavy atom. The minimum absolute atomic E-state index is 0.182. The van der Waals surface area contributed by atoms with Crippen molar-refractivity contribution in [1.82, 2.24) is 5.01 Å². The Morgan fingerprint density at radius 3 is 2.11 bits per heavy atom. The van der Waals surface area contributed by atoms with Gasteiger partial charge in [-0.05, 0) is 73.0 Å². The number of esters is 1. The van der Waals surface area contributed by atoms with Crippen LogP contribution in [0.15, 0.2) is 84.0 Å². The monoisotopic (exact) mass is 596 g/mol. The van der Waals surface area contributed by atoms with Crippen LogP contribution in [0.25, 0.3) is 10.8 Å². The highest BCUT2D eigenvalue weighted by atomic mass is 16.5. The van der Waals surface area contributed by atoms with E-state index in [2.05, 4.69) is 12.1 Å². The lowest BCUT2D eigenvalue weighted by atomic mass is 9.97. The molecule has 1 aliphatic rings. The van der Waals surface area contributed by atoms with Crippen molar-refractivity contribution < 1.29 is 33.3 Å². The van der Waals surface area contributed by atoms with Crippen molar-refractivity contribution in [1.29, 1.82) is 0 Å². The van der Waals surface area contributed by atoms with E-state index in [1.807, 2.05) is 75.4 Å². The zero-order valence-electron chi connectivity index (χ0n) is 25.4. The van der Waals surface area contributed by atoms with Crippen LogP contribution in [0, 0.1) is 0 Å². The lowest BCUT2D eigenvalue weighted by Gasteiger charge is -2.22. The molecule has 9 nitrogen and oxygen atoms in total. The van der Waals surface area contributed by atoms with E-state index in [0.29, 0.717) is 49.2 Å². The van der Waals surface area contributed by atoms with Crippen molar-refractivity contribution >= 4 is 28.4 Å². The molecule has 0 aromatic heterocycles. The molecule has 0 saturated carbocycles. The van der Waals surface area contributed by atoms with Crippen LogP contribution in [-0.4, -0.2) is 56.1 Å². The topological polar surface area (TPSA) is 95.9 Å². The van der Waals surface area contributed by atoms with Crippen molar-refractivity contribution in [3.63, 3.8) is 0 Å². The van der Waals surface area contributed by atoms with Crippen LogP contribution in [-0.2, 0) is 9.53 Å². The minimum atomic E-state index is -0.692. The number of hydrazone groups is 1. The van der Waals surface area contributed by atoms with Gasteiger partial charge in [-0.1, -0.05) is 48.5 Å². The van der Waals surface area contributed by atoms with E-state index >= 15 is 0 Å². The number of hydrogen-bond donors (Lipinski definition) is 0. The number of carbonyl (C=O) groups is 2. The molecule has 0 bridgehead atoms. The Hall–Kier alpha value is -5.05. The number of amides is 1. The molecule has 0 N–H and O–H groups in total. The van der Waals surface area contributed by atoms with E-state index in [1.54, 1.807) is 7.11 Å². The summed E-state index contributed by atoms with van der Waals surface area (Å²) in [5, 5.41) is 8.36. The highest BCUT2D eigenvalue weighted by Crippen LogP contribution is 2.39. The van der Waals surface area contributed by atoms with Gasteiger partial charge in [0.05, 0.1) is 44.2 Å². The summed E-state index contributed by atoms with van der Waals surface area (Å²) in [5.41, 5.74) is 2.77. The maximum absolute atomic E-state index is 13.6. The lowest BCUT2D eigenvalue weighted by molar-refractivity contribution is -0.136. The van der Waals surface area contributed by atoms with Gasteiger partial charge in [0.25, 0.3) is 5.91 Å². The summed E-state index contributed by atoms with van der Waals surface area (Å²) in [6.07, 6.45) is 0.499. The number of rotatable bonds is 12. The van der Waals surface area contributed by atoms with Crippen molar-refractivity contribution in [2.24, 2.45) is 5.10 Å². The molecule has 1 atom stereocenters. The quantitative estimate of drug-likeness (QED) is 0.171. The highest BCUT2D eigenvalue weighted by Gasteiger charge is 2.34. The van der Waals surface area contributed by atoms with Gasteiger partial charge < -0.3 is 23.7 Å². The van der Waals surface area contributed by atoms with Gasteiger partial charge >= 0.3 is 5.97 Å². The fraction of sp³-hybridized carbons (Fsp3) is 0.286. The maximum Gasteiger partial charge on any atom is 0.338 e. The van der Waals surface area contributed by atoms with Crippen LogP contribution in [0.5, 0.6) is 23.0 Å². The van der Waals surface area contributed by atoms with E-state index in [-0.39, 0.29) is 11.6 Å². The van der Waals surface area contributed by atoms with Crippen molar-refractivity contribution in [2.75, 3.05) is 33.5 Å². The van der Waals surface area contributed by atoms with Crippen molar-refractivity contribution in [3.8, 4) is 23.0 Å². The molecule has 1 unspecified atom stereocenters. The SMILES string of the molecule is CCOc1cc(C(=O)OCC(=O)N2N=C(c3ccc4ccccc4c3)CC2c2ccc(OC)cc2)cc(OCC)c1OCC. The average Bonchev–Trinajstić information content (AvgIpc) is 3.50. The van der Waals surface area contributed by atoms with Gasteiger partial charge in [-0.25, -0.2) is 9.80 Å². The Morgan fingerprint density at radius 2 is 1.48 bits per heavy atom. The molecule has 1 amide bonds. The molecule has 4 aromatic rings. The smallest absolute Gasteiger partial charge is 0.338 e. The fourth-order valence-electron chi connectivity index (χ4n) is 5.15. The molecule has 0 radical (unpaired) electrons.